The second kappa shape index (κ2) is 7.26. The van der Waals surface area contributed by atoms with Crippen LogP contribution in [0.2, 0.25) is 0 Å². The Balaban J connectivity index is 1.62. The van der Waals surface area contributed by atoms with E-state index in [0.29, 0.717) is 11.3 Å². The summed E-state index contributed by atoms with van der Waals surface area (Å²) >= 11 is 3.43. The molecule has 4 rings (SSSR count). The van der Waals surface area contributed by atoms with Crippen LogP contribution in [0.25, 0.3) is 22.4 Å². The Kier molecular flexibility index (Phi) is 4.82. The average Bonchev–Trinajstić information content (AvgIpc) is 3.11. The van der Waals surface area contributed by atoms with Crippen molar-refractivity contribution >= 4 is 37.0 Å². The van der Waals surface area contributed by atoms with Gasteiger partial charge in [-0.3, -0.25) is 0 Å². The molecule has 2 N–H and O–H groups in total. The summed E-state index contributed by atoms with van der Waals surface area (Å²) in [5.74, 6) is 0.710. The van der Waals surface area contributed by atoms with Gasteiger partial charge in [-0.05, 0) is 29.8 Å². The zero-order valence-electron chi connectivity index (χ0n) is 14.2. The third-order valence-electron chi connectivity index (χ3n) is 4.22. The van der Waals surface area contributed by atoms with E-state index >= 15 is 0 Å². The third kappa shape index (κ3) is 3.80. The van der Waals surface area contributed by atoms with Crippen molar-refractivity contribution in [3.63, 3.8) is 0 Å². The van der Waals surface area contributed by atoms with E-state index in [0.717, 1.165) is 21.1 Å². The number of benzene rings is 3. The molecule has 4 aromatic rings. The van der Waals surface area contributed by atoms with Crippen LogP contribution in [0.1, 0.15) is 5.56 Å². The molecule has 0 saturated heterocycles. The second-order valence-electron chi connectivity index (χ2n) is 6.05. The summed E-state index contributed by atoms with van der Waals surface area (Å²) in [4.78, 5) is 7.93. The third-order valence-corrected chi connectivity index (χ3v) is 6.39. The maximum atomic E-state index is 12.7. The summed E-state index contributed by atoms with van der Waals surface area (Å²) < 4.78 is 28.9. The van der Waals surface area contributed by atoms with Crippen molar-refractivity contribution < 1.29 is 8.42 Å². The first-order valence-corrected chi connectivity index (χ1v) is 10.6. The van der Waals surface area contributed by atoms with E-state index in [4.69, 9.17) is 0 Å². The molecule has 0 saturated carbocycles. The Hall–Kier alpha value is -2.48. The number of aromatic amines is 1. The van der Waals surface area contributed by atoms with Gasteiger partial charge in [-0.1, -0.05) is 64.5 Å². The number of imidazole rings is 1. The van der Waals surface area contributed by atoms with Crippen molar-refractivity contribution in [3.05, 3.63) is 82.8 Å². The number of nitrogens with zero attached hydrogens (tertiary/aromatic N) is 1. The van der Waals surface area contributed by atoms with Gasteiger partial charge in [-0.2, -0.15) is 0 Å². The molecule has 5 nitrogen and oxygen atoms in total. The second-order valence-corrected chi connectivity index (χ2v) is 8.67. The van der Waals surface area contributed by atoms with E-state index in [1.165, 1.54) is 0 Å². The fourth-order valence-corrected chi connectivity index (χ4v) is 4.24. The minimum atomic E-state index is -3.64. The Morgan fingerprint density at radius 1 is 0.963 bits per heavy atom. The number of aromatic nitrogens is 2. The first-order chi connectivity index (χ1) is 13.0. The maximum absolute atomic E-state index is 12.7. The molecule has 1 heterocycles. The molecule has 7 heteroatoms. The molecule has 0 amide bonds. The van der Waals surface area contributed by atoms with Gasteiger partial charge in [-0.25, -0.2) is 18.1 Å². The van der Waals surface area contributed by atoms with Crippen LogP contribution in [-0.4, -0.2) is 18.4 Å². The molecule has 0 radical (unpaired) electrons. The lowest BCUT2D eigenvalue weighted by atomic mass is 10.2. The minimum absolute atomic E-state index is 0.199. The monoisotopic (exact) mass is 441 g/mol. The molecule has 0 atom stereocenters. The molecule has 0 fully saturated rings. The van der Waals surface area contributed by atoms with Gasteiger partial charge in [0.2, 0.25) is 10.0 Å². The highest BCUT2D eigenvalue weighted by Gasteiger charge is 2.16. The number of hydrogen-bond acceptors (Lipinski definition) is 3. The van der Waals surface area contributed by atoms with Crippen LogP contribution in [0.4, 0.5) is 0 Å². The van der Waals surface area contributed by atoms with Crippen LogP contribution in [-0.2, 0) is 16.6 Å². The van der Waals surface area contributed by atoms with Crippen LogP contribution in [0.5, 0.6) is 0 Å². The van der Waals surface area contributed by atoms with Crippen molar-refractivity contribution in [1.29, 1.82) is 0 Å². The number of nitrogens with one attached hydrogen (secondary N) is 2. The lowest BCUT2D eigenvalue weighted by Crippen LogP contribution is -2.23. The van der Waals surface area contributed by atoms with Gasteiger partial charge in [0, 0.05) is 16.6 Å². The number of rotatable bonds is 5. The van der Waals surface area contributed by atoms with Gasteiger partial charge in [0.15, 0.2) is 0 Å². The van der Waals surface area contributed by atoms with Gasteiger partial charge in [0.25, 0.3) is 0 Å². The Morgan fingerprint density at radius 2 is 1.70 bits per heavy atom. The van der Waals surface area contributed by atoms with Gasteiger partial charge in [0.1, 0.15) is 5.82 Å². The zero-order chi connectivity index (χ0) is 18.9. The van der Waals surface area contributed by atoms with E-state index in [-0.39, 0.29) is 11.4 Å². The van der Waals surface area contributed by atoms with Crippen molar-refractivity contribution in [1.82, 2.24) is 14.7 Å². The molecule has 136 valence electrons. The van der Waals surface area contributed by atoms with Crippen LogP contribution in [0.3, 0.4) is 0 Å². The fraction of sp³-hybridized carbons (Fsp3) is 0.0500. The predicted molar refractivity (Wildman–Crippen MR) is 110 cm³/mol. The maximum Gasteiger partial charge on any atom is 0.240 e. The van der Waals surface area contributed by atoms with Crippen LogP contribution in [0, 0.1) is 0 Å². The highest BCUT2D eigenvalue weighted by Crippen LogP contribution is 2.23. The smallest absolute Gasteiger partial charge is 0.240 e. The van der Waals surface area contributed by atoms with Crippen LogP contribution in [0.15, 0.2) is 82.2 Å². The number of sulfonamides is 1. The van der Waals surface area contributed by atoms with E-state index in [1.807, 2.05) is 54.6 Å². The van der Waals surface area contributed by atoms with Crippen molar-refractivity contribution in [3.8, 4) is 11.4 Å². The van der Waals surface area contributed by atoms with Crippen LogP contribution < -0.4 is 4.72 Å². The average molecular weight is 442 g/mol. The number of fused-ring (bicyclic) bond motifs is 1. The van der Waals surface area contributed by atoms with Crippen molar-refractivity contribution in [2.45, 2.75) is 11.4 Å². The number of hydrogen-bond donors (Lipinski definition) is 2. The molecule has 3 aromatic carbocycles. The lowest BCUT2D eigenvalue weighted by Gasteiger charge is -2.08. The zero-order valence-corrected chi connectivity index (χ0v) is 16.6. The van der Waals surface area contributed by atoms with Crippen molar-refractivity contribution in [2.24, 2.45) is 0 Å². The standard InChI is InChI=1S/C20H16BrN3O2S/c21-17-9-5-4-8-15(17)13-22-27(25,26)16-10-11-18-19(12-16)24-20(23-18)14-6-2-1-3-7-14/h1-12,22H,13H2,(H,23,24). The topological polar surface area (TPSA) is 74.8 Å². The molecule has 0 aliphatic carbocycles. The fourth-order valence-electron chi connectivity index (χ4n) is 2.79. The van der Waals surface area contributed by atoms with Gasteiger partial charge >= 0.3 is 0 Å². The lowest BCUT2D eigenvalue weighted by molar-refractivity contribution is 0.581. The molecule has 27 heavy (non-hydrogen) atoms. The highest BCUT2D eigenvalue weighted by atomic mass is 79.9. The molecular formula is C20H16BrN3O2S. The van der Waals surface area contributed by atoms with E-state index in [9.17, 15) is 8.42 Å². The quantitative estimate of drug-likeness (QED) is 0.479. The van der Waals surface area contributed by atoms with Gasteiger partial charge < -0.3 is 4.98 Å². The van der Waals surface area contributed by atoms with E-state index in [2.05, 4.69) is 30.6 Å². The van der Waals surface area contributed by atoms with E-state index in [1.54, 1.807) is 18.2 Å². The summed E-state index contributed by atoms with van der Waals surface area (Å²) in [5.41, 5.74) is 3.22. The summed E-state index contributed by atoms with van der Waals surface area (Å²) in [6.45, 7) is 0.208. The van der Waals surface area contributed by atoms with Crippen LogP contribution >= 0.6 is 15.9 Å². The summed E-state index contributed by atoms with van der Waals surface area (Å²) in [7, 11) is -3.64. The Morgan fingerprint density at radius 3 is 2.48 bits per heavy atom. The predicted octanol–water partition coefficient (Wildman–Crippen LogP) is 4.47. The molecule has 0 spiro atoms. The summed E-state index contributed by atoms with van der Waals surface area (Å²) in [6.07, 6.45) is 0. The summed E-state index contributed by atoms with van der Waals surface area (Å²) in [5, 5.41) is 0. The molecule has 0 aliphatic heterocycles. The number of halogens is 1. The van der Waals surface area contributed by atoms with Gasteiger partial charge in [-0.15, -0.1) is 0 Å². The normalized spacial score (nSPS) is 11.7. The first-order valence-electron chi connectivity index (χ1n) is 8.31. The van der Waals surface area contributed by atoms with Crippen molar-refractivity contribution in [2.75, 3.05) is 0 Å². The largest absolute Gasteiger partial charge is 0.338 e. The summed E-state index contributed by atoms with van der Waals surface area (Å²) in [6, 6.07) is 22.1. The Bertz CT molecular complexity index is 1200. The molecule has 0 bridgehead atoms. The number of H-pyrrole nitrogens is 1. The molecular weight excluding hydrogens is 426 g/mol. The molecule has 0 unspecified atom stereocenters. The SMILES string of the molecule is O=S(=O)(NCc1ccccc1Br)c1ccc2nc(-c3ccccc3)[nH]c2c1. The highest BCUT2D eigenvalue weighted by molar-refractivity contribution is 9.10. The van der Waals surface area contributed by atoms with Gasteiger partial charge in [0.05, 0.1) is 15.9 Å². The van der Waals surface area contributed by atoms with E-state index < -0.39 is 10.0 Å². The Labute approximate surface area is 165 Å². The molecule has 0 aliphatic rings. The first kappa shape index (κ1) is 17.9. The molecule has 1 aromatic heterocycles. The minimum Gasteiger partial charge on any atom is -0.338 e.